The lowest BCUT2D eigenvalue weighted by Crippen LogP contribution is -2.43. The van der Waals surface area contributed by atoms with Crippen LogP contribution in [-0.2, 0) is 29.1 Å². The fraction of sp³-hybridized carbons (Fsp3) is 0.188. The molecule has 188 valence electrons. The summed E-state index contributed by atoms with van der Waals surface area (Å²) in [5.74, 6) is 0.397. The number of carbonyl (C=O) groups is 2. The molecule has 0 radical (unpaired) electrons. The summed E-state index contributed by atoms with van der Waals surface area (Å²) in [6, 6.07) is 36.0. The molecule has 1 atom stereocenters. The van der Waals surface area contributed by atoms with E-state index in [0.717, 1.165) is 22.3 Å². The molecule has 4 aromatic rings. The molecule has 0 aliphatic rings. The number of rotatable bonds is 11. The van der Waals surface area contributed by atoms with Gasteiger partial charge in [0, 0.05) is 25.1 Å². The molecular weight excluding hydrogens is 460 g/mol. The highest BCUT2D eigenvalue weighted by atomic mass is 16.5. The summed E-state index contributed by atoms with van der Waals surface area (Å²) in [5, 5.41) is 3.05. The van der Waals surface area contributed by atoms with Gasteiger partial charge in [0.25, 0.3) is 0 Å². The summed E-state index contributed by atoms with van der Waals surface area (Å²) in [6.45, 7) is 0.625. The molecule has 0 aromatic heterocycles. The first-order valence-electron chi connectivity index (χ1n) is 12.5. The predicted octanol–water partition coefficient (Wildman–Crippen LogP) is 5.71. The first-order chi connectivity index (χ1) is 18.2. The van der Waals surface area contributed by atoms with Gasteiger partial charge < -0.3 is 15.0 Å². The van der Waals surface area contributed by atoms with Crippen molar-refractivity contribution < 1.29 is 14.3 Å². The zero-order chi connectivity index (χ0) is 25.9. The lowest BCUT2D eigenvalue weighted by Gasteiger charge is -2.32. The Kier molecular flexibility index (Phi) is 9.08. The number of carbonyl (C=O) groups excluding carboxylic acids is 2. The van der Waals surface area contributed by atoms with Gasteiger partial charge in [-0.05, 0) is 29.2 Å². The van der Waals surface area contributed by atoms with E-state index in [1.165, 1.54) is 0 Å². The lowest BCUT2D eigenvalue weighted by molar-refractivity contribution is -0.141. The second-order valence-corrected chi connectivity index (χ2v) is 8.84. The molecule has 0 aliphatic carbocycles. The molecular formula is C32H32N2O3. The highest BCUT2D eigenvalue weighted by Gasteiger charge is 2.31. The van der Waals surface area contributed by atoms with E-state index in [2.05, 4.69) is 5.32 Å². The standard InChI is InChI=1S/C32H32N2O3/c1-37-29-20-12-11-19-28(29)23-33-32(36)31(27-17-9-4-10-18-27)34(24-26-15-7-3-8-16-26)30(35)22-21-25-13-5-2-6-14-25/h2-20,31H,21-24H2,1H3,(H,33,36)/t31-/m1/s1. The number of nitrogens with zero attached hydrogens (tertiary/aromatic N) is 1. The van der Waals surface area contributed by atoms with Crippen molar-refractivity contribution in [2.24, 2.45) is 0 Å². The topological polar surface area (TPSA) is 58.6 Å². The number of amides is 2. The zero-order valence-corrected chi connectivity index (χ0v) is 21.0. The zero-order valence-electron chi connectivity index (χ0n) is 21.0. The number of nitrogens with one attached hydrogen (secondary N) is 1. The number of methoxy groups -OCH3 is 1. The molecule has 2 amide bonds. The van der Waals surface area contributed by atoms with E-state index in [0.29, 0.717) is 31.7 Å². The van der Waals surface area contributed by atoms with Gasteiger partial charge in [-0.2, -0.15) is 0 Å². The van der Waals surface area contributed by atoms with Gasteiger partial charge in [-0.25, -0.2) is 0 Å². The van der Waals surface area contributed by atoms with Crippen molar-refractivity contribution in [2.45, 2.75) is 32.0 Å². The maximum absolute atomic E-state index is 13.8. The predicted molar refractivity (Wildman–Crippen MR) is 146 cm³/mol. The average Bonchev–Trinajstić information content (AvgIpc) is 2.96. The van der Waals surface area contributed by atoms with Gasteiger partial charge in [0.2, 0.25) is 11.8 Å². The molecule has 0 saturated heterocycles. The molecule has 1 N–H and O–H groups in total. The Morgan fingerprint density at radius 3 is 1.97 bits per heavy atom. The molecule has 0 heterocycles. The smallest absolute Gasteiger partial charge is 0.247 e. The number of hydrogen-bond acceptors (Lipinski definition) is 3. The van der Waals surface area contributed by atoms with Crippen LogP contribution < -0.4 is 10.1 Å². The fourth-order valence-corrected chi connectivity index (χ4v) is 4.38. The summed E-state index contributed by atoms with van der Waals surface area (Å²) in [4.78, 5) is 29.2. The Balaban J connectivity index is 1.62. The quantitative estimate of drug-likeness (QED) is 0.292. The summed E-state index contributed by atoms with van der Waals surface area (Å²) < 4.78 is 5.45. The van der Waals surface area contributed by atoms with Gasteiger partial charge in [0.15, 0.2) is 0 Å². The van der Waals surface area contributed by atoms with E-state index in [9.17, 15) is 9.59 Å². The van der Waals surface area contributed by atoms with Crippen LogP contribution in [0.25, 0.3) is 0 Å². The van der Waals surface area contributed by atoms with Crippen LogP contribution in [0.4, 0.5) is 0 Å². The second kappa shape index (κ2) is 13.1. The Labute approximate surface area is 218 Å². The van der Waals surface area contributed by atoms with Gasteiger partial charge in [-0.3, -0.25) is 9.59 Å². The summed E-state index contributed by atoms with van der Waals surface area (Å²) >= 11 is 0. The summed E-state index contributed by atoms with van der Waals surface area (Å²) in [6.07, 6.45) is 0.912. The molecule has 5 heteroatoms. The fourth-order valence-electron chi connectivity index (χ4n) is 4.38. The van der Waals surface area contributed by atoms with Gasteiger partial charge in [-0.15, -0.1) is 0 Å². The second-order valence-electron chi connectivity index (χ2n) is 8.84. The normalized spacial score (nSPS) is 11.4. The minimum absolute atomic E-state index is 0.0750. The molecule has 0 spiro atoms. The van der Waals surface area contributed by atoms with Gasteiger partial charge in [0.1, 0.15) is 11.8 Å². The highest BCUT2D eigenvalue weighted by Crippen LogP contribution is 2.26. The van der Waals surface area contributed by atoms with Crippen molar-refractivity contribution >= 4 is 11.8 Å². The van der Waals surface area contributed by atoms with Gasteiger partial charge in [-0.1, -0.05) is 109 Å². The molecule has 0 saturated carbocycles. The number of aryl methyl sites for hydroxylation is 1. The maximum Gasteiger partial charge on any atom is 0.247 e. The first kappa shape index (κ1) is 25.7. The Morgan fingerprint density at radius 2 is 1.32 bits per heavy atom. The Bertz CT molecular complexity index is 1280. The van der Waals surface area contributed by atoms with E-state index in [4.69, 9.17) is 4.74 Å². The molecule has 5 nitrogen and oxygen atoms in total. The van der Waals surface area contributed by atoms with E-state index in [1.54, 1.807) is 12.0 Å². The van der Waals surface area contributed by atoms with Crippen molar-refractivity contribution in [2.75, 3.05) is 7.11 Å². The molecule has 0 unspecified atom stereocenters. The van der Waals surface area contributed by atoms with E-state index < -0.39 is 6.04 Å². The summed E-state index contributed by atoms with van der Waals surface area (Å²) in [5.41, 5.74) is 3.70. The van der Waals surface area contributed by atoms with Crippen molar-refractivity contribution in [3.8, 4) is 5.75 Å². The van der Waals surface area contributed by atoms with E-state index in [1.807, 2.05) is 115 Å². The van der Waals surface area contributed by atoms with Gasteiger partial charge >= 0.3 is 0 Å². The van der Waals surface area contributed by atoms with Crippen LogP contribution in [0.2, 0.25) is 0 Å². The largest absolute Gasteiger partial charge is 0.496 e. The lowest BCUT2D eigenvalue weighted by atomic mass is 10.0. The minimum Gasteiger partial charge on any atom is -0.496 e. The van der Waals surface area contributed by atoms with E-state index in [-0.39, 0.29) is 11.8 Å². The van der Waals surface area contributed by atoms with E-state index >= 15 is 0 Å². The molecule has 4 aromatic carbocycles. The van der Waals surface area contributed by atoms with Gasteiger partial charge in [0.05, 0.1) is 7.11 Å². The average molecular weight is 493 g/mol. The van der Waals surface area contributed by atoms with Crippen LogP contribution in [0, 0.1) is 0 Å². The third-order valence-corrected chi connectivity index (χ3v) is 6.31. The van der Waals surface area contributed by atoms with Crippen LogP contribution in [0.15, 0.2) is 115 Å². The number of benzene rings is 4. The molecule has 0 aliphatic heterocycles. The van der Waals surface area contributed by atoms with Crippen LogP contribution in [-0.4, -0.2) is 23.8 Å². The molecule has 4 rings (SSSR count). The third-order valence-electron chi connectivity index (χ3n) is 6.31. The number of hydrogen-bond donors (Lipinski definition) is 1. The minimum atomic E-state index is -0.778. The van der Waals surface area contributed by atoms with Crippen molar-refractivity contribution in [3.05, 3.63) is 138 Å². The monoisotopic (exact) mass is 492 g/mol. The highest BCUT2D eigenvalue weighted by molar-refractivity contribution is 5.89. The third kappa shape index (κ3) is 7.07. The SMILES string of the molecule is COc1ccccc1CNC(=O)[C@@H](c1ccccc1)N(Cc1ccccc1)C(=O)CCc1ccccc1. The van der Waals surface area contributed by atoms with Crippen LogP contribution >= 0.6 is 0 Å². The van der Waals surface area contributed by atoms with Crippen LogP contribution in [0.5, 0.6) is 5.75 Å². The Hall–Kier alpha value is -4.38. The number of para-hydroxylation sites is 1. The maximum atomic E-state index is 13.8. The van der Waals surface area contributed by atoms with Crippen LogP contribution in [0.3, 0.4) is 0 Å². The van der Waals surface area contributed by atoms with Crippen molar-refractivity contribution in [3.63, 3.8) is 0 Å². The van der Waals surface area contributed by atoms with Crippen molar-refractivity contribution in [1.82, 2.24) is 10.2 Å². The Morgan fingerprint density at radius 1 is 0.757 bits per heavy atom. The molecule has 37 heavy (non-hydrogen) atoms. The van der Waals surface area contributed by atoms with Crippen molar-refractivity contribution in [1.29, 1.82) is 0 Å². The van der Waals surface area contributed by atoms with Crippen LogP contribution in [0.1, 0.15) is 34.7 Å². The molecule has 0 fully saturated rings. The molecule has 0 bridgehead atoms. The first-order valence-corrected chi connectivity index (χ1v) is 12.5. The number of ether oxygens (including phenoxy) is 1. The summed E-state index contributed by atoms with van der Waals surface area (Å²) in [7, 11) is 1.61.